The van der Waals surface area contributed by atoms with Crippen molar-refractivity contribution in [2.45, 2.75) is 57.2 Å². The molecule has 2 nitrogen and oxygen atoms in total. The van der Waals surface area contributed by atoms with Gasteiger partial charge in [0.1, 0.15) is 0 Å². The van der Waals surface area contributed by atoms with E-state index in [0.717, 1.165) is 12.5 Å². The summed E-state index contributed by atoms with van der Waals surface area (Å²) in [5.41, 5.74) is 0. The van der Waals surface area contributed by atoms with E-state index in [4.69, 9.17) is 4.84 Å². The van der Waals surface area contributed by atoms with Crippen molar-refractivity contribution in [3.8, 4) is 0 Å². The van der Waals surface area contributed by atoms with Crippen molar-refractivity contribution < 1.29 is 4.84 Å². The van der Waals surface area contributed by atoms with E-state index in [1.54, 1.807) is 0 Å². The van der Waals surface area contributed by atoms with Crippen LogP contribution in [0.1, 0.15) is 51.9 Å². The van der Waals surface area contributed by atoms with Crippen LogP contribution in [0.3, 0.4) is 0 Å². The molecule has 1 saturated carbocycles. The molecule has 0 amide bonds. The van der Waals surface area contributed by atoms with Gasteiger partial charge in [-0.25, -0.2) is 0 Å². The fourth-order valence-electron chi connectivity index (χ4n) is 1.84. The van der Waals surface area contributed by atoms with Crippen molar-refractivity contribution in [1.29, 1.82) is 0 Å². The van der Waals surface area contributed by atoms with Crippen LogP contribution in [0.5, 0.6) is 0 Å². The van der Waals surface area contributed by atoms with E-state index in [1.165, 1.54) is 50.3 Å². The van der Waals surface area contributed by atoms with Gasteiger partial charge in [0.25, 0.3) is 0 Å². The SMILES string of the molecule is CCCC[Se]/C=N/OCC1CCCCC1. The molecule has 0 aromatic carbocycles. The third-order valence-corrected chi connectivity index (χ3v) is 4.44. The Morgan fingerprint density at radius 1 is 1.33 bits per heavy atom. The van der Waals surface area contributed by atoms with Crippen LogP contribution in [0.2, 0.25) is 5.32 Å². The zero-order valence-corrected chi connectivity index (χ0v) is 11.5. The molecule has 0 saturated heterocycles. The monoisotopic (exact) mass is 277 g/mol. The molecule has 0 atom stereocenters. The number of nitrogens with zero attached hydrogens (tertiary/aromatic N) is 1. The molecular formula is C12H23NOSe. The van der Waals surface area contributed by atoms with Crippen molar-refractivity contribution in [2.24, 2.45) is 11.1 Å². The number of rotatable bonds is 7. The second-order valence-electron chi connectivity index (χ2n) is 4.23. The fraction of sp³-hybridized carbons (Fsp3) is 0.917. The molecule has 1 aliphatic carbocycles. The summed E-state index contributed by atoms with van der Waals surface area (Å²) < 4.78 is 0. The van der Waals surface area contributed by atoms with Crippen LogP contribution in [-0.2, 0) is 4.84 Å². The van der Waals surface area contributed by atoms with Crippen LogP contribution in [-0.4, -0.2) is 26.7 Å². The maximum atomic E-state index is 5.34. The Kier molecular flexibility index (Phi) is 8.04. The van der Waals surface area contributed by atoms with Crippen molar-refractivity contribution >= 4 is 20.1 Å². The van der Waals surface area contributed by atoms with E-state index in [9.17, 15) is 0 Å². The normalized spacial score (nSPS) is 18.5. The Bertz CT molecular complexity index is 167. The summed E-state index contributed by atoms with van der Waals surface area (Å²) >= 11 is 0.558. The minimum atomic E-state index is 0.558. The Morgan fingerprint density at radius 3 is 2.87 bits per heavy atom. The molecule has 0 aromatic rings. The quantitative estimate of drug-likeness (QED) is 0.302. The third-order valence-electron chi connectivity index (χ3n) is 2.84. The first-order valence-corrected chi connectivity index (χ1v) is 8.39. The first-order chi connectivity index (χ1) is 7.43. The summed E-state index contributed by atoms with van der Waals surface area (Å²) in [6.45, 7) is 3.08. The van der Waals surface area contributed by atoms with Crippen LogP contribution in [0.4, 0.5) is 0 Å². The molecule has 0 bridgehead atoms. The van der Waals surface area contributed by atoms with Gasteiger partial charge in [0, 0.05) is 0 Å². The van der Waals surface area contributed by atoms with Crippen LogP contribution >= 0.6 is 0 Å². The van der Waals surface area contributed by atoms with Crippen molar-refractivity contribution in [3.63, 3.8) is 0 Å². The van der Waals surface area contributed by atoms with Crippen molar-refractivity contribution in [2.75, 3.05) is 6.61 Å². The molecule has 15 heavy (non-hydrogen) atoms. The van der Waals surface area contributed by atoms with Gasteiger partial charge in [-0.3, -0.25) is 0 Å². The summed E-state index contributed by atoms with van der Waals surface area (Å²) in [4.78, 5) is 5.34. The van der Waals surface area contributed by atoms with E-state index < -0.39 is 0 Å². The zero-order valence-electron chi connectivity index (χ0n) is 9.78. The van der Waals surface area contributed by atoms with E-state index in [-0.39, 0.29) is 0 Å². The van der Waals surface area contributed by atoms with Gasteiger partial charge in [-0.05, 0) is 0 Å². The Morgan fingerprint density at radius 2 is 2.13 bits per heavy atom. The number of unbranched alkanes of at least 4 members (excludes halogenated alkanes) is 1. The molecular weight excluding hydrogens is 253 g/mol. The standard InChI is InChI=1S/C12H23NOSe/c1-2-3-9-15-11-13-14-10-12-7-5-4-6-8-12/h11-12H,2-10H2,1H3/b13-11+. The Balaban J connectivity index is 1.90. The van der Waals surface area contributed by atoms with Gasteiger partial charge >= 0.3 is 99.8 Å². The van der Waals surface area contributed by atoms with Crippen LogP contribution < -0.4 is 0 Å². The molecule has 0 aliphatic heterocycles. The predicted molar refractivity (Wildman–Crippen MR) is 66.5 cm³/mol. The molecule has 1 fully saturated rings. The molecule has 88 valence electrons. The van der Waals surface area contributed by atoms with Gasteiger partial charge in [-0.1, -0.05) is 0 Å². The van der Waals surface area contributed by atoms with Gasteiger partial charge in [-0.2, -0.15) is 0 Å². The summed E-state index contributed by atoms with van der Waals surface area (Å²) in [6.07, 6.45) is 9.50. The molecule has 0 spiro atoms. The minimum absolute atomic E-state index is 0.558. The Hall–Kier alpha value is -0.0105. The number of hydrogen-bond acceptors (Lipinski definition) is 2. The molecule has 1 aliphatic rings. The molecule has 0 heterocycles. The second kappa shape index (κ2) is 9.23. The van der Waals surface area contributed by atoms with E-state index >= 15 is 0 Å². The summed E-state index contributed by atoms with van der Waals surface area (Å²) in [7, 11) is 0. The van der Waals surface area contributed by atoms with Gasteiger partial charge in [-0.15, -0.1) is 0 Å². The van der Waals surface area contributed by atoms with Crippen LogP contribution in [0.25, 0.3) is 0 Å². The molecule has 0 unspecified atom stereocenters. The zero-order chi connectivity index (χ0) is 10.8. The van der Waals surface area contributed by atoms with E-state index in [1.807, 2.05) is 5.11 Å². The van der Waals surface area contributed by atoms with Gasteiger partial charge < -0.3 is 0 Å². The predicted octanol–water partition coefficient (Wildman–Crippen LogP) is 3.45. The fourth-order valence-corrected chi connectivity index (χ4v) is 3.28. The maximum absolute atomic E-state index is 5.34. The molecule has 1 rings (SSSR count). The summed E-state index contributed by atoms with van der Waals surface area (Å²) in [5.74, 6) is 0.777. The molecule has 0 aromatic heterocycles. The first kappa shape index (κ1) is 13.1. The second-order valence-corrected chi connectivity index (χ2v) is 6.23. The summed E-state index contributed by atoms with van der Waals surface area (Å²) in [5, 5.41) is 7.34. The van der Waals surface area contributed by atoms with Crippen molar-refractivity contribution in [3.05, 3.63) is 0 Å². The van der Waals surface area contributed by atoms with Gasteiger partial charge in [0.2, 0.25) is 0 Å². The van der Waals surface area contributed by atoms with Gasteiger partial charge in [0.15, 0.2) is 0 Å². The average molecular weight is 276 g/mol. The first-order valence-electron chi connectivity index (χ1n) is 6.19. The topological polar surface area (TPSA) is 21.6 Å². The van der Waals surface area contributed by atoms with Crippen LogP contribution in [0.15, 0.2) is 5.16 Å². The molecule has 3 heteroatoms. The summed E-state index contributed by atoms with van der Waals surface area (Å²) in [6, 6.07) is 0. The van der Waals surface area contributed by atoms with Gasteiger partial charge in [0.05, 0.1) is 0 Å². The number of hydrogen-bond donors (Lipinski definition) is 0. The van der Waals surface area contributed by atoms with E-state index in [2.05, 4.69) is 12.1 Å². The molecule has 0 radical (unpaired) electrons. The van der Waals surface area contributed by atoms with Crippen molar-refractivity contribution in [1.82, 2.24) is 0 Å². The Labute approximate surface area is 100.0 Å². The third kappa shape index (κ3) is 6.97. The number of oxime groups is 1. The molecule has 0 N–H and O–H groups in total. The average Bonchev–Trinajstić information content (AvgIpc) is 2.29. The van der Waals surface area contributed by atoms with E-state index in [0.29, 0.717) is 15.0 Å². The van der Waals surface area contributed by atoms with Crippen LogP contribution in [0, 0.1) is 5.92 Å².